The maximum Gasteiger partial charge on any atom is 0.416 e. The van der Waals surface area contributed by atoms with Crippen molar-refractivity contribution in [1.82, 2.24) is 10.2 Å². The van der Waals surface area contributed by atoms with E-state index in [1.54, 1.807) is 0 Å². The zero-order valence-corrected chi connectivity index (χ0v) is 11.9. The normalized spacial score (nSPS) is 15.0. The summed E-state index contributed by atoms with van der Waals surface area (Å²) in [5.41, 5.74) is -1.23. The number of anilines is 1. The molecule has 1 aromatic heterocycles. The van der Waals surface area contributed by atoms with E-state index in [4.69, 9.17) is 11.6 Å². The number of aromatic amines is 1. The monoisotopic (exact) mass is 341 g/mol. The molecule has 0 radical (unpaired) electrons. The van der Waals surface area contributed by atoms with Gasteiger partial charge < -0.3 is 5.32 Å². The van der Waals surface area contributed by atoms with Crippen LogP contribution in [0.15, 0.2) is 41.2 Å². The zero-order chi connectivity index (χ0) is 16.8. The molecule has 0 amide bonds. The number of H-pyrrole nitrogens is 1. The van der Waals surface area contributed by atoms with Crippen LogP contribution in [0.3, 0.4) is 0 Å². The Morgan fingerprint density at radius 1 is 1.17 bits per heavy atom. The third-order valence-electron chi connectivity index (χ3n) is 3.22. The maximum atomic E-state index is 12.7. The Kier molecular flexibility index (Phi) is 3.48. The molecule has 2 N–H and O–H groups in total. The molecule has 5 nitrogen and oxygen atoms in total. The second kappa shape index (κ2) is 5.24. The number of alkyl halides is 3. The fourth-order valence-electron chi connectivity index (χ4n) is 2.12. The van der Waals surface area contributed by atoms with E-state index < -0.39 is 28.3 Å². The smallest absolute Gasteiger partial charge is 0.351 e. The Morgan fingerprint density at radius 3 is 2.61 bits per heavy atom. The molecule has 118 valence electrons. The number of Topliss-reactive ketones (excluding diaryl/α,β-unsaturated/α-hetero) is 2. The topological polar surface area (TPSA) is 74.8 Å². The average Bonchev–Trinajstić information content (AvgIpc) is 2.99. The van der Waals surface area contributed by atoms with Gasteiger partial charge in [0.2, 0.25) is 11.6 Å². The number of ketones is 2. The number of rotatable bonds is 2. The van der Waals surface area contributed by atoms with Crippen molar-refractivity contribution in [2.24, 2.45) is 0 Å². The first-order valence-electron chi connectivity index (χ1n) is 6.26. The van der Waals surface area contributed by atoms with Gasteiger partial charge in [0, 0.05) is 5.69 Å². The quantitative estimate of drug-likeness (QED) is 0.878. The number of aromatic nitrogens is 2. The van der Waals surface area contributed by atoms with Crippen LogP contribution in [0.4, 0.5) is 18.9 Å². The summed E-state index contributed by atoms with van der Waals surface area (Å²) in [5, 5.41) is 8.04. The van der Waals surface area contributed by atoms with Gasteiger partial charge in [0.1, 0.15) is 16.4 Å². The van der Waals surface area contributed by atoms with Gasteiger partial charge in [-0.05, 0) is 18.2 Å². The molecule has 23 heavy (non-hydrogen) atoms. The summed E-state index contributed by atoms with van der Waals surface area (Å²) < 4.78 is 38.2. The highest BCUT2D eigenvalue weighted by atomic mass is 35.5. The minimum absolute atomic E-state index is 0.00822. The van der Waals surface area contributed by atoms with Crippen molar-refractivity contribution >= 4 is 28.9 Å². The fourth-order valence-corrected chi connectivity index (χ4v) is 2.35. The van der Waals surface area contributed by atoms with Crippen LogP contribution in [0.5, 0.6) is 0 Å². The fraction of sp³-hybridized carbons (Fsp3) is 0.0714. The summed E-state index contributed by atoms with van der Waals surface area (Å²) in [6.07, 6.45) is -3.37. The van der Waals surface area contributed by atoms with E-state index >= 15 is 0 Å². The second-order valence-corrected chi connectivity index (χ2v) is 5.09. The molecule has 2 aromatic rings. The van der Waals surface area contributed by atoms with Crippen molar-refractivity contribution in [3.63, 3.8) is 0 Å². The number of carbonyl (C=O) groups excluding carboxylic acids is 2. The Balaban J connectivity index is 1.99. The van der Waals surface area contributed by atoms with Crippen LogP contribution in [0.2, 0.25) is 0 Å². The van der Waals surface area contributed by atoms with Crippen LogP contribution in [0.1, 0.15) is 26.4 Å². The minimum atomic E-state index is -4.53. The number of nitrogens with zero attached hydrogens (tertiary/aromatic N) is 1. The van der Waals surface area contributed by atoms with E-state index in [0.29, 0.717) is 0 Å². The van der Waals surface area contributed by atoms with Gasteiger partial charge in [0.05, 0.1) is 17.3 Å². The first-order valence-corrected chi connectivity index (χ1v) is 6.63. The van der Waals surface area contributed by atoms with Gasteiger partial charge in [0.15, 0.2) is 0 Å². The molecule has 1 aliphatic carbocycles. The van der Waals surface area contributed by atoms with Gasteiger partial charge >= 0.3 is 6.18 Å². The van der Waals surface area contributed by atoms with Gasteiger partial charge in [-0.25, -0.2) is 0 Å². The van der Waals surface area contributed by atoms with E-state index in [1.807, 2.05) is 0 Å². The predicted octanol–water partition coefficient (Wildman–Crippen LogP) is 3.37. The molecule has 0 unspecified atom stereocenters. The maximum absolute atomic E-state index is 12.7. The van der Waals surface area contributed by atoms with Gasteiger partial charge in [-0.3, -0.25) is 14.7 Å². The highest BCUT2D eigenvalue weighted by Gasteiger charge is 2.34. The van der Waals surface area contributed by atoms with Crippen LogP contribution in [-0.2, 0) is 6.18 Å². The lowest BCUT2D eigenvalue weighted by Gasteiger charge is -2.17. The lowest BCUT2D eigenvalue weighted by molar-refractivity contribution is -0.137. The number of hydrogen-bond donors (Lipinski definition) is 2. The van der Waals surface area contributed by atoms with Gasteiger partial charge in [-0.1, -0.05) is 17.7 Å². The van der Waals surface area contributed by atoms with Crippen molar-refractivity contribution in [1.29, 1.82) is 0 Å². The molecule has 0 bridgehead atoms. The zero-order valence-electron chi connectivity index (χ0n) is 11.2. The molecule has 0 atom stereocenters. The largest absolute Gasteiger partial charge is 0.416 e. The SMILES string of the molecule is O=C1C(Nc2cccc(C(F)(F)F)c2)=C(Cl)C(=O)c2[nH]ncc21. The van der Waals surface area contributed by atoms with Crippen molar-refractivity contribution < 1.29 is 22.8 Å². The van der Waals surface area contributed by atoms with Gasteiger partial charge in [-0.15, -0.1) is 0 Å². The summed E-state index contributed by atoms with van der Waals surface area (Å²) in [6, 6.07) is 4.22. The highest BCUT2D eigenvalue weighted by molar-refractivity contribution is 6.50. The Hall–Kier alpha value is -2.61. The van der Waals surface area contributed by atoms with E-state index in [1.165, 1.54) is 12.1 Å². The van der Waals surface area contributed by atoms with E-state index in [9.17, 15) is 22.8 Å². The number of halogens is 4. The lowest BCUT2D eigenvalue weighted by Crippen LogP contribution is -2.23. The van der Waals surface area contributed by atoms with Crippen molar-refractivity contribution in [2.45, 2.75) is 6.18 Å². The van der Waals surface area contributed by atoms with Crippen LogP contribution in [0, 0.1) is 0 Å². The number of allylic oxidation sites excluding steroid dienone is 2. The molecular formula is C14H7ClF3N3O2. The summed E-state index contributed by atoms with van der Waals surface area (Å²) in [6.45, 7) is 0. The Bertz CT molecular complexity index is 855. The predicted molar refractivity (Wildman–Crippen MR) is 75.2 cm³/mol. The number of fused-ring (bicyclic) bond motifs is 1. The molecular weight excluding hydrogens is 335 g/mol. The van der Waals surface area contributed by atoms with Gasteiger partial charge in [0.25, 0.3) is 0 Å². The van der Waals surface area contributed by atoms with E-state index in [2.05, 4.69) is 15.5 Å². The number of benzene rings is 1. The van der Waals surface area contributed by atoms with Crippen molar-refractivity contribution in [2.75, 3.05) is 5.32 Å². The highest BCUT2D eigenvalue weighted by Crippen LogP contribution is 2.32. The lowest BCUT2D eigenvalue weighted by atomic mass is 9.99. The van der Waals surface area contributed by atoms with Crippen LogP contribution < -0.4 is 5.32 Å². The number of hydrogen-bond acceptors (Lipinski definition) is 4. The van der Waals surface area contributed by atoms with E-state index in [0.717, 1.165) is 18.3 Å². The van der Waals surface area contributed by atoms with Crippen molar-refractivity contribution in [3.05, 3.63) is 58.0 Å². The van der Waals surface area contributed by atoms with Crippen LogP contribution in [-0.4, -0.2) is 21.8 Å². The molecule has 1 aromatic carbocycles. The van der Waals surface area contributed by atoms with Crippen molar-refractivity contribution in [3.8, 4) is 0 Å². The molecule has 0 fully saturated rings. The van der Waals surface area contributed by atoms with E-state index in [-0.39, 0.29) is 22.6 Å². The average molecular weight is 342 g/mol. The molecule has 1 aliphatic rings. The summed E-state index contributed by atoms with van der Waals surface area (Å²) in [7, 11) is 0. The van der Waals surface area contributed by atoms with Crippen LogP contribution in [0.25, 0.3) is 0 Å². The number of carbonyl (C=O) groups is 2. The standard InChI is InChI=1S/C14H7ClF3N3O2/c15-9-11(12(22)8-5-19-21-10(8)13(9)23)20-7-3-1-2-6(4-7)14(16,17)18/h1-5,20H,(H,19,21). The minimum Gasteiger partial charge on any atom is -0.351 e. The van der Waals surface area contributed by atoms with Gasteiger partial charge in [-0.2, -0.15) is 18.3 Å². The summed E-state index contributed by atoms with van der Waals surface area (Å²) >= 11 is 5.87. The van der Waals surface area contributed by atoms with Crippen LogP contribution >= 0.6 is 11.6 Å². The Labute approximate surface area is 132 Å². The third-order valence-corrected chi connectivity index (χ3v) is 3.58. The first-order chi connectivity index (χ1) is 10.8. The molecule has 0 saturated heterocycles. The Morgan fingerprint density at radius 2 is 1.91 bits per heavy atom. The molecule has 9 heteroatoms. The molecule has 0 aliphatic heterocycles. The third kappa shape index (κ3) is 2.61. The second-order valence-electron chi connectivity index (χ2n) is 4.71. The molecule has 1 heterocycles. The number of nitrogens with one attached hydrogen (secondary N) is 2. The summed E-state index contributed by atoms with van der Waals surface area (Å²) in [4.78, 5) is 24.3. The molecule has 0 saturated carbocycles. The summed E-state index contributed by atoms with van der Waals surface area (Å²) in [5.74, 6) is -1.29. The first kappa shape index (κ1) is 15.3. The molecule has 3 rings (SSSR count). The molecule has 0 spiro atoms.